The summed E-state index contributed by atoms with van der Waals surface area (Å²) in [5.41, 5.74) is 5.02. The Bertz CT molecular complexity index is 142. The third kappa shape index (κ3) is 0.677. The summed E-state index contributed by atoms with van der Waals surface area (Å²) in [4.78, 5) is 0. The quantitative estimate of drug-likeness (QED) is 0.488. The molecule has 0 unspecified atom stereocenters. The Morgan fingerprint density at radius 3 is 2.71 bits per heavy atom. The molecule has 0 saturated heterocycles. The molecule has 1 rings (SSSR count). The van der Waals surface area contributed by atoms with Crippen molar-refractivity contribution in [2.45, 2.75) is 0 Å². The van der Waals surface area contributed by atoms with Gasteiger partial charge in [-0.2, -0.15) is 4.39 Å². The van der Waals surface area contributed by atoms with Crippen molar-refractivity contribution in [2.75, 3.05) is 5.73 Å². The van der Waals surface area contributed by atoms with E-state index in [1.54, 1.807) is 0 Å². The van der Waals surface area contributed by atoms with Crippen molar-refractivity contribution < 1.29 is 4.39 Å². The van der Waals surface area contributed by atoms with E-state index in [-0.39, 0.29) is 5.82 Å². The maximum Gasteiger partial charge on any atom is 0.234 e. The average Bonchev–Trinajstić information content (AvgIpc) is 1.87. The summed E-state index contributed by atoms with van der Waals surface area (Å²) in [7, 11) is 0. The number of anilines is 1. The fourth-order valence-corrected chi connectivity index (χ4v) is 0.311. The summed E-state index contributed by atoms with van der Waals surface area (Å²) in [5, 5.41) is 5.32. The van der Waals surface area contributed by atoms with E-state index in [4.69, 9.17) is 5.73 Å². The molecule has 4 heteroatoms. The van der Waals surface area contributed by atoms with Crippen LogP contribution in [0.2, 0.25) is 0 Å². The van der Waals surface area contributed by atoms with Crippen LogP contribution in [0.4, 0.5) is 10.2 Å². The topological polar surface area (TPSA) is 54.7 Å². The van der Waals surface area contributed by atoms with Gasteiger partial charge in [-0.05, 0) is 0 Å². The molecule has 0 radical (unpaired) electrons. The second-order valence-corrected chi connectivity index (χ2v) is 1.15. The Balaban J connectivity index is 3.04. The van der Waals surface area contributed by atoms with E-state index in [0.717, 1.165) is 6.07 Å². The Labute approximate surface area is 39.3 Å². The normalized spacial score (nSPS) is 9.29. The molecule has 3 N–H and O–H groups in total. The maximum absolute atomic E-state index is 11.7. The van der Waals surface area contributed by atoms with Crippen molar-refractivity contribution in [2.24, 2.45) is 0 Å². The third-order valence-corrected chi connectivity index (χ3v) is 0.566. The molecule has 0 aromatic carbocycles. The van der Waals surface area contributed by atoms with E-state index >= 15 is 0 Å². The predicted octanol–water partition coefficient (Wildman–Crippen LogP) is 0.131. The van der Waals surface area contributed by atoms with Gasteiger partial charge in [0.2, 0.25) is 5.95 Å². The smallest absolute Gasteiger partial charge is 0.234 e. The fraction of sp³-hybridized carbons (Fsp3) is 0. The lowest BCUT2D eigenvalue weighted by molar-refractivity contribution is 0.579. The number of nitrogen functional groups attached to an aromatic ring is 1. The van der Waals surface area contributed by atoms with Gasteiger partial charge in [-0.25, -0.2) is 0 Å². The van der Waals surface area contributed by atoms with Gasteiger partial charge in [-0.3, -0.25) is 5.10 Å². The summed E-state index contributed by atoms with van der Waals surface area (Å²) in [6, 6.07) is 1.11. The molecular weight excluding hydrogens is 97.1 g/mol. The first kappa shape index (κ1) is 4.11. The molecule has 0 fully saturated rings. The van der Waals surface area contributed by atoms with Gasteiger partial charge in [0.1, 0.15) is 5.82 Å². The number of nitrogens with two attached hydrogens (primary N) is 1. The number of H-pyrrole nitrogens is 1. The highest BCUT2D eigenvalue weighted by molar-refractivity contribution is 5.23. The first-order valence-corrected chi connectivity index (χ1v) is 1.75. The first-order valence-electron chi connectivity index (χ1n) is 1.75. The van der Waals surface area contributed by atoms with E-state index in [2.05, 4.69) is 10.2 Å². The minimum atomic E-state index is -0.572. The molecular formula is C3H4FN3. The summed E-state index contributed by atoms with van der Waals surface area (Å²) in [5.74, 6) is -0.324. The molecule has 3 nitrogen and oxygen atoms in total. The first-order chi connectivity index (χ1) is 3.29. The molecule has 38 valence electrons. The largest absolute Gasteiger partial charge is 0.384 e. The Kier molecular flexibility index (Phi) is 0.714. The van der Waals surface area contributed by atoms with Crippen LogP contribution in [0.1, 0.15) is 0 Å². The van der Waals surface area contributed by atoms with Crippen LogP contribution in [0.5, 0.6) is 0 Å². The van der Waals surface area contributed by atoms with E-state index in [0.29, 0.717) is 0 Å². The number of nitrogens with one attached hydrogen (secondary N) is 1. The molecule has 0 saturated carbocycles. The molecule has 0 amide bonds. The van der Waals surface area contributed by atoms with Crippen LogP contribution in [0.25, 0.3) is 0 Å². The van der Waals surface area contributed by atoms with Gasteiger partial charge in [0, 0.05) is 6.07 Å². The fourth-order valence-electron chi connectivity index (χ4n) is 0.311. The summed E-state index contributed by atoms with van der Waals surface area (Å²) < 4.78 is 11.7. The molecule has 1 heterocycles. The Morgan fingerprint density at radius 2 is 2.57 bits per heavy atom. The predicted molar refractivity (Wildman–Crippen MR) is 23.0 cm³/mol. The highest BCUT2D eigenvalue weighted by atomic mass is 19.1. The monoisotopic (exact) mass is 101 g/mol. The number of hydrogen-bond acceptors (Lipinski definition) is 2. The van der Waals surface area contributed by atoms with Crippen LogP contribution < -0.4 is 5.73 Å². The molecule has 0 aliphatic carbocycles. The van der Waals surface area contributed by atoms with Crippen molar-refractivity contribution in [1.29, 1.82) is 0 Å². The Hall–Kier alpha value is -1.06. The lowest BCUT2D eigenvalue weighted by Gasteiger charge is -1.69. The minimum Gasteiger partial charge on any atom is -0.384 e. The van der Waals surface area contributed by atoms with Gasteiger partial charge >= 0.3 is 0 Å². The number of aromatic amines is 1. The lowest BCUT2D eigenvalue weighted by atomic mass is 10.7. The van der Waals surface area contributed by atoms with Crippen LogP contribution in [0, 0.1) is 5.95 Å². The minimum absolute atomic E-state index is 0.248. The zero-order valence-electron chi connectivity index (χ0n) is 3.48. The molecule has 0 atom stereocenters. The molecule has 0 spiro atoms. The van der Waals surface area contributed by atoms with Crippen molar-refractivity contribution in [1.82, 2.24) is 10.2 Å². The van der Waals surface area contributed by atoms with Crippen LogP contribution in [-0.4, -0.2) is 10.2 Å². The highest BCUT2D eigenvalue weighted by Crippen LogP contribution is 1.94. The second kappa shape index (κ2) is 1.22. The van der Waals surface area contributed by atoms with Crippen LogP contribution in [0.3, 0.4) is 0 Å². The summed E-state index contributed by atoms with van der Waals surface area (Å²) in [6.07, 6.45) is 0. The molecule has 1 aromatic heterocycles. The number of halogens is 1. The van der Waals surface area contributed by atoms with Crippen molar-refractivity contribution in [3.05, 3.63) is 12.0 Å². The molecule has 0 aliphatic rings. The van der Waals surface area contributed by atoms with Crippen molar-refractivity contribution >= 4 is 5.82 Å². The van der Waals surface area contributed by atoms with E-state index < -0.39 is 5.95 Å². The molecule has 0 aliphatic heterocycles. The molecule has 0 bridgehead atoms. The van der Waals surface area contributed by atoms with Gasteiger partial charge in [-0.1, -0.05) is 0 Å². The number of rotatable bonds is 0. The SMILES string of the molecule is Nc1cc(F)n[nH]1. The number of aromatic nitrogens is 2. The highest BCUT2D eigenvalue weighted by Gasteiger charge is 1.89. The van der Waals surface area contributed by atoms with Crippen LogP contribution in [0.15, 0.2) is 6.07 Å². The van der Waals surface area contributed by atoms with Gasteiger partial charge in [0.15, 0.2) is 0 Å². The van der Waals surface area contributed by atoms with E-state index in [1.165, 1.54) is 0 Å². The van der Waals surface area contributed by atoms with Crippen molar-refractivity contribution in [3.8, 4) is 0 Å². The summed E-state index contributed by atoms with van der Waals surface area (Å²) in [6.45, 7) is 0. The maximum atomic E-state index is 11.7. The zero-order valence-corrected chi connectivity index (χ0v) is 3.48. The molecule has 7 heavy (non-hydrogen) atoms. The van der Waals surface area contributed by atoms with Crippen LogP contribution >= 0.6 is 0 Å². The van der Waals surface area contributed by atoms with E-state index in [9.17, 15) is 4.39 Å². The summed E-state index contributed by atoms with van der Waals surface area (Å²) >= 11 is 0. The van der Waals surface area contributed by atoms with Gasteiger partial charge in [0.05, 0.1) is 0 Å². The standard InChI is InChI=1S/C3H4FN3/c4-2-1-3(5)7-6-2/h1H,(H3,5,6,7). The van der Waals surface area contributed by atoms with Gasteiger partial charge in [0.25, 0.3) is 0 Å². The number of hydrogen-bond donors (Lipinski definition) is 2. The Morgan fingerprint density at radius 1 is 1.86 bits per heavy atom. The third-order valence-electron chi connectivity index (χ3n) is 0.566. The lowest BCUT2D eigenvalue weighted by Crippen LogP contribution is -1.81. The van der Waals surface area contributed by atoms with Gasteiger partial charge in [-0.15, -0.1) is 5.10 Å². The second-order valence-electron chi connectivity index (χ2n) is 1.15. The average molecular weight is 101 g/mol. The van der Waals surface area contributed by atoms with Crippen molar-refractivity contribution in [3.63, 3.8) is 0 Å². The van der Waals surface area contributed by atoms with Gasteiger partial charge < -0.3 is 5.73 Å². The van der Waals surface area contributed by atoms with Crippen LogP contribution in [-0.2, 0) is 0 Å². The van der Waals surface area contributed by atoms with E-state index in [1.807, 2.05) is 0 Å². The zero-order chi connectivity index (χ0) is 5.28. The molecule has 1 aromatic rings. The number of nitrogens with zero attached hydrogens (tertiary/aromatic N) is 1.